The number of nitrogens with one attached hydrogen (secondary N) is 1. The average Bonchev–Trinajstić information content (AvgIpc) is 2.38. The fraction of sp³-hybridized carbons (Fsp3) is 0.308. The zero-order valence-electron chi connectivity index (χ0n) is 11.3. The minimum absolute atomic E-state index is 0.122. The second-order valence-corrected chi connectivity index (χ2v) is 4.58. The van der Waals surface area contributed by atoms with E-state index >= 15 is 0 Å². The summed E-state index contributed by atoms with van der Waals surface area (Å²) in [6.45, 7) is 3.10. The first-order chi connectivity index (χ1) is 9.58. The van der Waals surface area contributed by atoms with Crippen molar-refractivity contribution >= 4 is 23.5 Å². The third-order valence-electron chi connectivity index (χ3n) is 2.58. The van der Waals surface area contributed by atoms with Gasteiger partial charge in [-0.2, -0.15) is 15.0 Å². The van der Waals surface area contributed by atoms with E-state index in [2.05, 4.69) is 20.3 Å². The van der Waals surface area contributed by atoms with Gasteiger partial charge in [-0.3, -0.25) is 0 Å². The summed E-state index contributed by atoms with van der Waals surface area (Å²) in [5.41, 5.74) is 0.828. The number of hydrogen-bond acceptors (Lipinski definition) is 5. The number of halogens is 2. The van der Waals surface area contributed by atoms with E-state index in [9.17, 15) is 4.39 Å². The first-order valence-electron chi connectivity index (χ1n) is 6.19. The molecule has 0 spiro atoms. The highest BCUT2D eigenvalue weighted by atomic mass is 35.5. The Hall–Kier alpha value is -1.95. The summed E-state index contributed by atoms with van der Waals surface area (Å²) in [5, 5.41) is 3.11. The summed E-state index contributed by atoms with van der Waals surface area (Å²) in [7, 11) is 1.81. The van der Waals surface area contributed by atoms with Gasteiger partial charge >= 0.3 is 0 Å². The molecule has 0 saturated carbocycles. The summed E-state index contributed by atoms with van der Waals surface area (Å²) < 4.78 is 13.2. The number of anilines is 2. The lowest BCUT2D eigenvalue weighted by molar-refractivity contribution is 0.625. The van der Waals surface area contributed by atoms with Gasteiger partial charge in [0.2, 0.25) is 17.2 Å². The zero-order valence-corrected chi connectivity index (χ0v) is 12.0. The lowest BCUT2D eigenvalue weighted by atomic mass is 10.2. The van der Waals surface area contributed by atoms with Crippen molar-refractivity contribution in [3.05, 3.63) is 40.9 Å². The van der Waals surface area contributed by atoms with Crippen LogP contribution in [0.1, 0.15) is 12.5 Å². The van der Waals surface area contributed by atoms with E-state index in [1.54, 1.807) is 11.0 Å². The van der Waals surface area contributed by atoms with Crippen LogP contribution in [-0.2, 0) is 6.54 Å². The van der Waals surface area contributed by atoms with Crippen molar-refractivity contribution < 1.29 is 4.39 Å². The van der Waals surface area contributed by atoms with Gasteiger partial charge in [0, 0.05) is 20.1 Å². The molecule has 2 aromatic rings. The smallest absolute Gasteiger partial charge is 0.231 e. The summed E-state index contributed by atoms with van der Waals surface area (Å²) in [5.74, 6) is 0.594. The Bertz CT molecular complexity index is 593. The molecule has 0 fully saturated rings. The second-order valence-electron chi connectivity index (χ2n) is 4.24. The molecular weight excluding hydrogens is 281 g/mol. The van der Waals surface area contributed by atoms with Gasteiger partial charge in [0.15, 0.2) is 0 Å². The molecule has 0 saturated heterocycles. The van der Waals surface area contributed by atoms with Crippen LogP contribution in [0.4, 0.5) is 16.3 Å². The van der Waals surface area contributed by atoms with Crippen LogP contribution in [0.15, 0.2) is 24.3 Å². The Balaban J connectivity index is 2.18. The van der Waals surface area contributed by atoms with Crippen LogP contribution in [0.3, 0.4) is 0 Å². The first kappa shape index (κ1) is 14.5. The first-order valence-corrected chi connectivity index (χ1v) is 6.57. The van der Waals surface area contributed by atoms with E-state index in [0.717, 1.165) is 5.56 Å². The molecule has 106 valence electrons. The second kappa shape index (κ2) is 6.47. The summed E-state index contributed by atoms with van der Waals surface area (Å²) in [6.07, 6.45) is 0. The van der Waals surface area contributed by atoms with Gasteiger partial charge in [-0.15, -0.1) is 0 Å². The van der Waals surface area contributed by atoms with Crippen molar-refractivity contribution in [2.75, 3.05) is 23.8 Å². The standard InChI is InChI=1S/C13H15ClFN5/c1-3-16-12-17-11(14)18-13(19-12)20(2)8-9-5-4-6-10(15)7-9/h4-7H,3,8H2,1-2H3,(H,16,17,18,19). The Kier molecular flexibility index (Phi) is 4.68. The minimum atomic E-state index is -0.266. The molecule has 0 unspecified atom stereocenters. The van der Waals surface area contributed by atoms with Crippen molar-refractivity contribution in [2.45, 2.75) is 13.5 Å². The molecule has 1 heterocycles. The average molecular weight is 296 g/mol. The van der Waals surface area contributed by atoms with Gasteiger partial charge in [-0.1, -0.05) is 12.1 Å². The topological polar surface area (TPSA) is 53.9 Å². The molecule has 0 amide bonds. The van der Waals surface area contributed by atoms with Crippen LogP contribution in [0.25, 0.3) is 0 Å². The third kappa shape index (κ3) is 3.77. The van der Waals surface area contributed by atoms with Gasteiger partial charge in [-0.25, -0.2) is 4.39 Å². The van der Waals surface area contributed by atoms with Crippen LogP contribution in [0.5, 0.6) is 0 Å². The van der Waals surface area contributed by atoms with Crippen LogP contribution in [0.2, 0.25) is 5.28 Å². The van der Waals surface area contributed by atoms with Crippen molar-refractivity contribution in [2.24, 2.45) is 0 Å². The van der Waals surface area contributed by atoms with E-state index in [1.165, 1.54) is 12.1 Å². The number of nitrogens with zero attached hydrogens (tertiary/aromatic N) is 4. The molecule has 0 aliphatic heterocycles. The van der Waals surface area contributed by atoms with Crippen molar-refractivity contribution in [1.29, 1.82) is 0 Å². The molecule has 0 bridgehead atoms. The quantitative estimate of drug-likeness (QED) is 0.919. The predicted octanol–water partition coefficient (Wildman–Crippen LogP) is 2.73. The molecule has 20 heavy (non-hydrogen) atoms. The normalized spacial score (nSPS) is 10.4. The van der Waals surface area contributed by atoms with Crippen LogP contribution in [-0.4, -0.2) is 28.5 Å². The SMILES string of the molecule is CCNc1nc(Cl)nc(N(C)Cc2cccc(F)c2)n1. The number of benzene rings is 1. The van der Waals surface area contributed by atoms with Gasteiger partial charge in [-0.05, 0) is 36.2 Å². The molecular formula is C13H15ClFN5. The van der Waals surface area contributed by atoms with Crippen molar-refractivity contribution in [3.63, 3.8) is 0 Å². The Morgan fingerprint density at radius 3 is 2.80 bits per heavy atom. The molecule has 5 nitrogen and oxygen atoms in total. The van der Waals surface area contributed by atoms with E-state index in [0.29, 0.717) is 25.0 Å². The van der Waals surface area contributed by atoms with Crippen LogP contribution < -0.4 is 10.2 Å². The molecule has 7 heteroatoms. The molecule has 0 aliphatic carbocycles. The van der Waals surface area contributed by atoms with E-state index in [-0.39, 0.29) is 11.1 Å². The van der Waals surface area contributed by atoms with E-state index in [1.807, 2.05) is 20.0 Å². The Morgan fingerprint density at radius 2 is 2.10 bits per heavy atom. The van der Waals surface area contributed by atoms with E-state index < -0.39 is 0 Å². The van der Waals surface area contributed by atoms with Crippen LogP contribution in [0, 0.1) is 5.82 Å². The number of hydrogen-bond donors (Lipinski definition) is 1. The number of rotatable bonds is 5. The minimum Gasteiger partial charge on any atom is -0.354 e. The molecule has 1 N–H and O–H groups in total. The molecule has 0 radical (unpaired) electrons. The largest absolute Gasteiger partial charge is 0.354 e. The third-order valence-corrected chi connectivity index (χ3v) is 2.75. The molecule has 0 atom stereocenters. The molecule has 1 aromatic heterocycles. The maximum Gasteiger partial charge on any atom is 0.231 e. The lowest BCUT2D eigenvalue weighted by Crippen LogP contribution is -2.20. The maximum atomic E-state index is 13.2. The van der Waals surface area contributed by atoms with Gasteiger partial charge < -0.3 is 10.2 Å². The Morgan fingerprint density at radius 1 is 1.30 bits per heavy atom. The maximum absolute atomic E-state index is 13.2. The van der Waals surface area contributed by atoms with Crippen molar-refractivity contribution in [1.82, 2.24) is 15.0 Å². The molecule has 1 aromatic carbocycles. The summed E-state index contributed by atoms with van der Waals surface area (Å²) >= 11 is 5.87. The highest BCUT2D eigenvalue weighted by Crippen LogP contribution is 2.15. The number of aromatic nitrogens is 3. The monoisotopic (exact) mass is 295 g/mol. The highest BCUT2D eigenvalue weighted by molar-refractivity contribution is 6.28. The highest BCUT2D eigenvalue weighted by Gasteiger charge is 2.10. The summed E-state index contributed by atoms with van der Waals surface area (Å²) in [6, 6.07) is 6.40. The van der Waals surface area contributed by atoms with Gasteiger partial charge in [0.25, 0.3) is 0 Å². The van der Waals surface area contributed by atoms with Gasteiger partial charge in [0.05, 0.1) is 0 Å². The fourth-order valence-electron chi connectivity index (χ4n) is 1.73. The zero-order chi connectivity index (χ0) is 14.5. The lowest BCUT2D eigenvalue weighted by Gasteiger charge is -2.17. The molecule has 0 aliphatic rings. The Labute approximate surface area is 121 Å². The van der Waals surface area contributed by atoms with Crippen molar-refractivity contribution in [3.8, 4) is 0 Å². The van der Waals surface area contributed by atoms with E-state index in [4.69, 9.17) is 11.6 Å². The molecule has 2 rings (SSSR count). The van der Waals surface area contributed by atoms with Crippen LogP contribution >= 0.6 is 11.6 Å². The summed E-state index contributed by atoms with van der Waals surface area (Å²) in [4.78, 5) is 14.1. The van der Waals surface area contributed by atoms with Gasteiger partial charge in [0.1, 0.15) is 5.82 Å². The fourth-order valence-corrected chi connectivity index (χ4v) is 1.88. The predicted molar refractivity (Wildman–Crippen MR) is 77.5 cm³/mol.